The molecule has 0 fully saturated rings. The van der Waals surface area contributed by atoms with Gasteiger partial charge in [0.1, 0.15) is 0 Å². The summed E-state index contributed by atoms with van der Waals surface area (Å²) in [4.78, 5) is 14.5. The van der Waals surface area contributed by atoms with Gasteiger partial charge in [0.25, 0.3) is 5.91 Å². The van der Waals surface area contributed by atoms with E-state index < -0.39 is 12.3 Å². The molecule has 0 spiro atoms. The number of anilines is 1. The number of carbonyl (C=O) groups excluding carboxylic acids is 1. The summed E-state index contributed by atoms with van der Waals surface area (Å²) in [5, 5.41) is 13.9. The Labute approximate surface area is 158 Å². The zero-order chi connectivity index (χ0) is 18.7. The number of nitrogens with one attached hydrogen (secondary N) is 1. The Morgan fingerprint density at radius 2 is 2.00 bits per heavy atom. The maximum atomic E-state index is 12.9. The van der Waals surface area contributed by atoms with Crippen molar-refractivity contribution in [2.24, 2.45) is 0 Å². The van der Waals surface area contributed by atoms with Crippen LogP contribution in [0.2, 0.25) is 5.02 Å². The van der Waals surface area contributed by atoms with Crippen molar-refractivity contribution in [3.05, 3.63) is 64.7 Å². The lowest BCUT2D eigenvalue weighted by Gasteiger charge is -2.27. The molecule has 2 N–H and O–H groups in total. The molecule has 0 radical (unpaired) electrons. The molecule has 6 heteroatoms. The molecule has 3 rings (SSSR count). The summed E-state index contributed by atoms with van der Waals surface area (Å²) in [7, 11) is 0. The molecule has 0 saturated heterocycles. The molecule has 26 heavy (non-hydrogen) atoms. The lowest BCUT2D eigenvalue weighted by molar-refractivity contribution is -0.00721. The van der Waals surface area contributed by atoms with E-state index in [1.54, 1.807) is 29.2 Å². The van der Waals surface area contributed by atoms with E-state index in [4.69, 9.17) is 16.3 Å². The normalized spacial score (nSPS) is 17.7. The van der Waals surface area contributed by atoms with E-state index in [1.165, 1.54) is 0 Å². The largest absolute Gasteiger partial charge is 0.389 e. The number of hydrogen-bond donors (Lipinski definition) is 2. The molecule has 0 aliphatic carbocycles. The van der Waals surface area contributed by atoms with Crippen LogP contribution in [0.1, 0.15) is 36.0 Å². The summed E-state index contributed by atoms with van der Waals surface area (Å²) in [6.07, 6.45) is -1.26. The number of rotatable bonds is 7. The van der Waals surface area contributed by atoms with Crippen molar-refractivity contribution in [3.8, 4) is 0 Å². The Morgan fingerprint density at radius 3 is 2.73 bits per heavy atom. The minimum absolute atomic E-state index is 0.114. The minimum Gasteiger partial charge on any atom is -0.389 e. The van der Waals surface area contributed by atoms with Gasteiger partial charge in [-0.1, -0.05) is 49.7 Å². The number of hydrogen-bond acceptors (Lipinski definition) is 4. The van der Waals surface area contributed by atoms with Gasteiger partial charge >= 0.3 is 0 Å². The van der Waals surface area contributed by atoms with Crippen LogP contribution < -0.4 is 10.2 Å². The van der Waals surface area contributed by atoms with Crippen molar-refractivity contribution in [3.63, 3.8) is 0 Å². The summed E-state index contributed by atoms with van der Waals surface area (Å²) < 4.78 is 5.97. The van der Waals surface area contributed by atoms with Crippen LogP contribution >= 0.6 is 11.6 Å². The highest BCUT2D eigenvalue weighted by molar-refractivity contribution is 6.31. The van der Waals surface area contributed by atoms with Gasteiger partial charge in [0.2, 0.25) is 0 Å². The first-order valence-electron chi connectivity index (χ1n) is 8.68. The molecule has 1 aliphatic heterocycles. The second kappa shape index (κ2) is 8.18. The van der Waals surface area contributed by atoms with Crippen molar-refractivity contribution in [1.82, 2.24) is 5.32 Å². The molecule has 1 heterocycles. The molecule has 0 aromatic heterocycles. The maximum Gasteiger partial charge on any atom is 0.261 e. The van der Waals surface area contributed by atoms with E-state index in [9.17, 15) is 9.90 Å². The average molecular weight is 375 g/mol. The van der Waals surface area contributed by atoms with Crippen LogP contribution in [-0.4, -0.2) is 36.3 Å². The van der Waals surface area contributed by atoms with Crippen LogP contribution in [0.3, 0.4) is 0 Å². The van der Waals surface area contributed by atoms with Gasteiger partial charge in [-0.25, -0.2) is 0 Å². The molecule has 0 saturated carbocycles. The maximum absolute atomic E-state index is 12.9. The van der Waals surface area contributed by atoms with Gasteiger partial charge in [0.05, 0.1) is 12.7 Å². The lowest BCUT2D eigenvalue weighted by Crippen LogP contribution is -2.36. The van der Waals surface area contributed by atoms with Crippen LogP contribution in [-0.2, 0) is 4.74 Å². The van der Waals surface area contributed by atoms with E-state index in [1.807, 2.05) is 38.1 Å². The summed E-state index contributed by atoms with van der Waals surface area (Å²) in [6, 6.07) is 14.8. The fraction of sp³-hybridized carbons (Fsp3) is 0.350. The minimum atomic E-state index is -0.665. The average Bonchev–Trinajstić information content (AvgIpc) is 2.90. The molecule has 1 amide bonds. The van der Waals surface area contributed by atoms with Crippen LogP contribution in [0.15, 0.2) is 48.5 Å². The second-order valence-electron chi connectivity index (χ2n) is 6.64. The highest BCUT2D eigenvalue weighted by atomic mass is 35.5. The number of carbonyl (C=O) groups is 1. The zero-order valence-corrected chi connectivity index (χ0v) is 15.6. The third kappa shape index (κ3) is 4.07. The highest BCUT2D eigenvalue weighted by Gasteiger charge is 2.38. The molecule has 2 aromatic rings. The van der Waals surface area contributed by atoms with E-state index in [-0.39, 0.29) is 18.6 Å². The summed E-state index contributed by atoms with van der Waals surface area (Å²) in [5.74, 6) is -0.136. The van der Waals surface area contributed by atoms with Gasteiger partial charge in [-0.15, -0.1) is 0 Å². The van der Waals surface area contributed by atoms with Crippen molar-refractivity contribution < 1.29 is 14.6 Å². The van der Waals surface area contributed by atoms with Gasteiger partial charge < -0.3 is 15.2 Å². The predicted octanol–water partition coefficient (Wildman–Crippen LogP) is 3.37. The topological polar surface area (TPSA) is 61.8 Å². The van der Waals surface area contributed by atoms with Gasteiger partial charge in [-0.05, 0) is 24.3 Å². The van der Waals surface area contributed by atoms with E-state index >= 15 is 0 Å². The number of aliphatic hydroxyl groups excluding tert-OH is 1. The molecule has 5 nitrogen and oxygen atoms in total. The molecule has 1 aliphatic rings. The first kappa shape index (κ1) is 18.9. The van der Waals surface area contributed by atoms with E-state index in [0.29, 0.717) is 22.8 Å². The number of halogens is 1. The quantitative estimate of drug-likeness (QED) is 0.780. The molecule has 2 unspecified atom stereocenters. The number of fused-ring (bicyclic) bond motifs is 1. The molecule has 0 bridgehead atoms. The third-order valence-electron chi connectivity index (χ3n) is 4.21. The Hall–Kier alpha value is -1.92. The van der Waals surface area contributed by atoms with Crippen molar-refractivity contribution >= 4 is 23.2 Å². The van der Waals surface area contributed by atoms with Gasteiger partial charge in [-0.3, -0.25) is 9.69 Å². The molecular formula is C20H23ClN2O3. The number of ether oxygens (including phenoxy) is 1. The Kier molecular flexibility index (Phi) is 5.94. The first-order valence-corrected chi connectivity index (χ1v) is 9.06. The van der Waals surface area contributed by atoms with Gasteiger partial charge in [0.15, 0.2) is 6.23 Å². The Bertz CT molecular complexity index is 781. The Balaban J connectivity index is 1.82. The molecule has 2 aromatic carbocycles. The first-order chi connectivity index (χ1) is 12.5. The predicted molar refractivity (Wildman–Crippen MR) is 103 cm³/mol. The molecule has 2 atom stereocenters. The smallest absolute Gasteiger partial charge is 0.261 e. The molecule has 138 valence electrons. The summed E-state index contributed by atoms with van der Waals surface area (Å²) in [5.41, 5.74) is 2.06. The zero-order valence-electron chi connectivity index (χ0n) is 14.9. The monoisotopic (exact) mass is 374 g/mol. The lowest BCUT2D eigenvalue weighted by atomic mass is 10.1. The fourth-order valence-electron chi connectivity index (χ4n) is 2.96. The van der Waals surface area contributed by atoms with Crippen molar-refractivity contribution in [2.45, 2.75) is 32.2 Å². The molecular weight excluding hydrogens is 352 g/mol. The van der Waals surface area contributed by atoms with E-state index in [2.05, 4.69) is 5.32 Å². The summed E-state index contributed by atoms with van der Waals surface area (Å²) >= 11 is 6.10. The number of aliphatic hydroxyl groups is 1. The van der Waals surface area contributed by atoms with Gasteiger partial charge in [0, 0.05) is 34.4 Å². The second-order valence-corrected chi connectivity index (χ2v) is 7.08. The van der Waals surface area contributed by atoms with E-state index in [0.717, 1.165) is 5.56 Å². The van der Waals surface area contributed by atoms with Gasteiger partial charge in [-0.2, -0.15) is 0 Å². The van der Waals surface area contributed by atoms with Crippen LogP contribution in [0, 0.1) is 0 Å². The number of nitrogens with zero attached hydrogens (tertiary/aromatic N) is 1. The van der Waals surface area contributed by atoms with Crippen molar-refractivity contribution in [1.29, 1.82) is 0 Å². The van der Waals surface area contributed by atoms with Crippen LogP contribution in [0.4, 0.5) is 5.69 Å². The summed E-state index contributed by atoms with van der Waals surface area (Å²) in [6.45, 7) is 4.57. The fourth-order valence-corrected chi connectivity index (χ4v) is 3.14. The van der Waals surface area contributed by atoms with Crippen LogP contribution in [0.5, 0.6) is 0 Å². The highest BCUT2D eigenvalue weighted by Crippen LogP contribution is 2.38. The third-order valence-corrected chi connectivity index (χ3v) is 4.44. The number of benzene rings is 2. The van der Waals surface area contributed by atoms with Crippen molar-refractivity contribution in [2.75, 3.05) is 18.1 Å². The Morgan fingerprint density at radius 1 is 1.23 bits per heavy atom. The standard InChI is InChI=1S/C20H23ClN2O3/c1-13(2)22-11-16(24)12-26-20-18-9-4-3-8-17(18)19(25)23(20)15-7-5-6-14(21)10-15/h3-10,13,16,20,22,24H,11-12H2,1-2H3. The number of amides is 1. The van der Waals surface area contributed by atoms with Crippen LogP contribution in [0.25, 0.3) is 0 Å². The SMILES string of the molecule is CC(C)NCC(O)COC1c2ccccc2C(=O)N1c1cccc(Cl)c1.